The average Bonchev–Trinajstić information content (AvgIpc) is 3.16. The van der Waals surface area contributed by atoms with Gasteiger partial charge in [0, 0.05) is 26.0 Å². The quantitative estimate of drug-likeness (QED) is 0.725. The number of methoxy groups -OCH3 is 1. The molecule has 0 aliphatic rings. The van der Waals surface area contributed by atoms with Crippen LogP contribution in [0.4, 0.5) is 10.5 Å². The number of anilines is 1. The maximum absolute atomic E-state index is 12.2. The van der Waals surface area contributed by atoms with Crippen LogP contribution in [0.2, 0.25) is 0 Å². The minimum Gasteiger partial charge on any atom is -0.380 e. The van der Waals surface area contributed by atoms with Crippen LogP contribution in [0.5, 0.6) is 0 Å². The predicted octanol–water partition coefficient (Wildman–Crippen LogP) is 3.34. The number of carbonyl (C=O) groups excluding carboxylic acids is 1. The second-order valence-electron chi connectivity index (χ2n) is 5.52. The van der Waals surface area contributed by atoms with E-state index in [1.54, 1.807) is 18.0 Å². The number of ether oxygens (including phenoxy) is 1. The molecule has 0 spiro atoms. The summed E-state index contributed by atoms with van der Waals surface area (Å²) in [5.41, 5.74) is 3.63. The Morgan fingerprint density at radius 2 is 1.84 bits per heavy atom. The van der Waals surface area contributed by atoms with Crippen molar-refractivity contribution in [2.24, 2.45) is 0 Å². The molecule has 0 atom stereocenters. The lowest BCUT2D eigenvalue weighted by molar-refractivity contribution is 0.185. The molecule has 2 amide bonds. The van der Waals surface area contributed by atoms with Gasteiger partial charge in [-0.1, -0.05) is 36.4 Å². The summed E-state index contributed by atoms with van der Waals surface area (Å²) in [4.78, 5) is 12.2. The van der Waals surface area contributed by atoms with Gasteiger partial charge in [-0.25, -0.2) is 9.48 Å². The molecule has 0 saturated carbocycles. The van der Waals surface area contributed by atoms with Crippen LogP contribution < -0.4 is 10.6 Å². The Kier molecular flexibility index (Phi) is 5.43. The molecule has 128 valence electrons. The molecule has 3 rings (SSSR count). The molecule has 1 aromatic heterocycles. The molecule has 0 fully saturated rings. The summed E-state index contributed by atoms with van der Waals surface area (Å²) in [5.74, 6) is 0. The van der Waals surface area contributed by atoms with Crippen molar-refractivity contribution in [3.05, 3.63) is 78.1 Å². The maximum Gasteiger partial charge on any atom is 0.319 e. The third-order valence-electron chi connectivity index (χ3n) is 3.69. The van der Waals surface area contributed by atoms with E-state index in [-0.39, 0.29) is 6.03 Å². The van der Waals surface area contributed by atoms with Crippen LogP contribution in [-0.2, 0) is 17.9 Å². The molecule has 0 aliphatic carbocycles. The van der Waals surface area contributed by atoms with Crippen LogP contribution in [0, 0.1) is 0 Å². The van der Waals surface area contributed by atoms with Crippen molar-refractivity contribution in [2.45, 2.75) is 13.2 Å². The van der Waals surface area contributed by atoms with Crippen LogP contribution in [0.1, 0.15) is 11.1 Å². The van der Waals surface area contributed by atoms with Crippen LogP contribution in [-0.4, -0.2) is 22.9 Å². The third-order valence-corrected chi connectivity index (χ3v) is 3.69. The summed E-state index contributed by atoms with van der Waals surface area (Å²) < 4.78 is 6.80. The first-order valence-electron chi connectivity index (χ1n) is 7.97. The number of amides is 2. The van der Waals surface area contributed by atoms with Crippen molar-refractivity contribution in [2.75, 3.05) is 12.4 Å². The lowest BCUT2D eigenvalue weighted by Gasteiger charge is -2.12. The van der Waals surface area contributed by atoms with Gasteiger partial charge in [0.05, 0.1) is 18.0 Å². The van der Waals surface area contributed by atoms with Crippen LogP contribution in [0.25, 0.3) is 5.69 Å². The van der Waals surface area contributed by atoms with E-state index in [2.05, 4.69) is 15.7 Å². The van der Waals surface area contributed by atoms with Crippen molar-refractivity contribution >= 4 is 11.7 Å². The highest BCUT2D eigenvalue weighted by molar-refractivity contribution is 5.91. The topological polar surface area (TPSA) is 68.2 Å². The van der Waals surface area contributed by atoms with Gasteiger partial charge >= 0.3 is 6.03 Å². The monoisotopic (exact) mass is 336 g/mol. The maximum atomic E-state index is 12.2. The Labute approximate surface area is 146 Å². The molecule has 1 heterocycles. The van der Waals surface area contributed by atoms with E-state index < -0.39 is 0 Å². The molecule has 0 saturated heterocycles. The molecule has 0 aliphatic heterocycles. The molecule has 0 radical (unpaired) electrons. The third kappa shape index (κ3) is 4.45. The van der Waals surface area contributed by atoms with Crippen LogP contribution >= 0.6 is 0 Å². The molecule has 6 nitrogen and oxygen atoms in total. The normalized spacial score (nSPS) is 10.4. The Hall–Kier alpha value is -3.12. The lowest BCUT2D eigenvalue weighted by Crippen LogP contribution is -2.28. The number of nitrogens with one attached hydrogen (secondary N) is 2. The van der Waals surface area contributed by atoms with Gasteiger partial charge in [-0.2, -0.15) is 5.10 Å². The fourth-order valence-electron chi connectivity index (χ4n) is 2.46. The van der Waals surface area contributed by atoms with Gasteiger partial charge in [0.25, 0.3) is 0 Å². The van der Waals surface area contributed by atoms with Crippen molar-refractivity contribution < 1.29 is 9.53 Å². The minimum atomic E-state index is -0.263. The van der Waals surface area contributed by atoms with E-state index in [4.69, 9.17) is 4.74 Å². The number of hydrogen-bond donors (Lipinski definition) is 2. The molecule has 3 aromatic rings. The smallest absolute Gasteiger partial charge is 0.319 e. The fourth-order valence-corrected chi connectivity index (χ4v) is 2.46. The first-order chi connectivity index (χ1) is 12.3. The van der Waals surface area contributed by atoms with Crippen molar-refractivity contribution in [1.29, 1.82) is 0 Å². The number of hydrogen-bond acceptors (Lipinski definition) is 3. The highest BCUT2D eigenvalue weighted by atomic mass is 16.5. The van der Waals surface area contributed by atoms with Gasteiger partial charge in [-0.3, -0.25) is 0 Å². The number of benzene rings is 2. The van der Waals surface area contributed by atoms with E-state index in [0.29, 0.717) is 18.8 Å². The van der Waals surface area contributed by atoms with Gasteiger partial charge in [0.1, 0.15) is 0 Å². The van der Waals surface area contributed by atoms with E-state index in [9.17, 15) is 4.79 Å². The number of aromatic nitrogens is 2. The minimum absolute atomic E-state index is 0.263. The first-order valence-corrected chi connectivity index (χ1v) is 7.97. The lowest BCUT2D eigenvalue weighted by atomic mass is 10.1. The van der Waals surface area contributed by atoms with Crippen molar-refractivity contribution in [1.82, 2.24) is 15.1 Å². The average molecular weight is 336 g/mol. The number of para-hydroxylation sites is 2. The second-order valence-corrected chi connectivity index (χ2v) is 5.52. The van der Waals surface area contributed by atoms with Crippen LogP contribution in [0.15, 0.2) is 67.0 Å². The highest BCUT2D eigenvalue weighted by Crippen LogP contribution is 2.18. The number of urea groups is 1. The molecular weight excluding hydrogens is 316 g/mol. The Morgan fingerprint density at radius 3 is 2.56 bits per heavy atom. The molecule has 6 heteroatoms. The van der Waals surface area contributed by atoms with E-state index >= 15 is 0 Å². The molecule has 25 heavy (non-hydrogen) atoms. The van der Waals surface area contributed by atoms with Crippen molar-refractivity contribution in [3.63, 3.8) is 0 Å². The predicted molar refractivity (Wildman–Crippen MR) is 96.6 cm³/mol. The number of carbonyl (C=O) groups is 1. The second kappa shape index (κ2) is 8.12. The summed E-state index contributed by atoms with van der Waals surface area (Å²) in [5, 5.41) is 9.94. The number of nitrogens with zero attached hydrogens (tertiary/aromatic N) is 2. The summed E-state index contributed by atoms with van der Waals surface area (Å²) >= 11 is 0. The van der Waals surface area contributed by atoms with Gasteiger partial charge in [0.2, 0.25) is 0 Å². The molecule has 0 unspecified atom stereocenters. The fraction of sp³-hybridized carbons (Fsp3) is 0.158. The van der Waals surface area contributed by atoms with Gasteiger partial charge in [-0.05, 0) is 29.3 Å². The zero-order valence-electron chi connectivity index (χ0n) is 14.0. The summed E-state index contributed by atoms with van der Waals surface area (Å²) in [6.07, 6.45) is 3.53. The van der Waals surface area contributed by atoms with Crippen molar-refractivity contribution in [3.8, 4) is 5.69 Å². The zero-order valence-corrected chi connectivity index (χ0v) is 14.0. The number of rotatable bonds is 6. The standard InChI is InChI=1S/C19H20N4O2/c1-25-14-16-9-7-15(8-10-16)13-20-19(24)22-17-5-2-3-6-18(17)23-12-4-11-21-23/h2-12H,13-14H2,1H3,(H2,20,22,24). The summed E-state index contributed by atoms with van der Waals surface area (Å²) in [7, 11) is 1.67. The molecule has 0 bridgehead atoms. The molecule has 2 N–H and O–H groups in total. The van der Waals surface area contributed by atoms with E-state index in [0.717, 1.165) is 16.8 Å². The van der Waals surface area contributed by atoms with Gasteiger partial charge in [0.15, 0.2) is 0 Å². The zero-order chi connectivity index (χ0) is 17.5. The Bertz CT molecular complexity index is 814. The van der Waals surface area contributed by atoms with Crippen LogP contribution in [0.3, 0.4) is 0 Å². The molecule has 2 aromatic carbocycles. The largest absolute Gasteiger partial charge is 0.380 e. The summed E-state index contributed by atoms with van der Waals surface area (Å²) in [6, 6.07) is 17.0. The van der Waals surface area contributed by atoms with E-state index in [1.165, 1.54) is 0 Å². The molecular formula is C19H20N4O2. The van der Waals surface area contributed by atoms with E-state index in [1.807, 2.05) is 60.8 Å². The summed E-state index contributed by atoms with van der Waals surface area (Å²) in [6.45, 7) is 1.03. The Morgan fingerprint density at radius 1 is 1.08 bits per heavy atom. The Balaban J connectivity index is 1.60. The first kappa shape index (κ1) is 16.7. The van der Waals surface area contributed by atoms with Gasteiger partial charge < -0.3 is 15.4 Å². The van der Waals surface area contributed by atoms with Gasteiger partial charge in [-0.15, -0.1) is 0 Å². The highest BCUT2D eigenvalue weighted by Gasteiger charge is 2.08. The SMILES string of the molecule is COCc1ccc(CNC(=O)Nc2ccccc2-n2cccn2)cc1.